The third kappa shape index (κ3) is 4.02. The van der Waals surface area contributed by atoms with Crippen molar-refractivity contribution in [1.29, 1.82) is 0 Å². The molecule has 0 spiro atoms. The van der Waals surface area contributed by atoms with Crippen LogP contribution in [0, 0.1) is 6.92 Å². The first-order valence-electron chi connectivity index (χ1n) is 8.63. The fourth-order valence-electron chi connectivity index (χ4n) is 3.19. The van der Waals surface area contributed by atoms with Gasteiger partial charge in [0.25, 0.3) is 5.91 Å². The largest absolute Gasteiger partial charge is 0.478 e. The highest BCUT2D eigenvalue weighted by Crippen LogP contribution is 2.35. The van der Waals surface area contributed by atoms with Gasteiger partial charge in [-0.2, -0.15) is 0 Å². The van der Waals surface area contributed by atoms with E-state index in [4.69, 9.17) is 0 Å². The summed E-state index contributed by atoms with van der Waals surface area (Å²) >= 11 is 1.50. The number of amides is 1. The number of carboxylic acids is 1. The van der Waals surface area contributed by atoms with Crippen molar-refractivity contribution < 1.29 is 23.1 Å². The second kappa shape index (κ2) is 7.51. The van der Waals surface area contributed by atoms with Gasteiger partial charge in [-0.15, -0.1) is 11.3 Å². The summed E-state index contributed by atoms with van der Waals surface area (Å²) < 4.78 is 24.7. The number of aryl methyl sites for hydroxylation is 1. The van der Waals surface area contributed by atoms with E-state index in [1.54, 1.807) is 4.90 Å². The Bertz CT molecular complexity index is 1030. The fourth-order valence-corrected chi connectivity index (χ4v) is 4.62. The molecular formula is C18H21N3O5S2. The monoisotopic (exact) mass is 423 g/mol. The van der Waals surface area contributed by atoms with E-state index in [2.05, 4.69) is 4.98 Å². The minimum Gasteiger partial charge on any atom is -0.478 e. The molecular weight excluding hydrogens is 402 g/mol. The Kier molecular flexibility index (Phi) is 5.44. The number of thiazole rings is 1. The van der Waals surface area contributed by atoms with Crippen LogP contribution >= 0.6 is 11.3 Å². The van der Waals surface area contributed by atoms with Crippen molar-refractivity contribution in [2.45, 2.75) is 25.8 Å². The molecule has 150 valence electrons. The Hall–Kier alpha value is -2.46. The first-order chi connectivity index (χ1) is 13.1. The highest BCUT2D eigenvalue weighted by atomic mass is 32.2. The van der Waals surface area contributed by atoms with Gasteiger partial charge in [-0.1, -0.05) is 0 Å². The van der Waals surface area contributed by atoms with Gasteiger partial charge >= 0.3 is 5.97 Å². The number of carbonyl (C=O) groups is 2. The summed E-state index contributed by atoms with van der Waals surface area (Å²) in [6.07, 6.45) is 2.63. The standard InChI is InChI=1S/C18H21N3O5S2/c1-11-10-27-16(19-11)15-5-4-6-21(15)17(22)12-7-13(18(23)24)9-14(8-12)20(2)28(3,25)26/h7-10,15H,4-6H2,1-3H3,(H,23,24). The van der Waals surface area contributed by atoms with Crippen molar-refractivity contribution in [3.8, 4) is 0 Å². The van der Waals surface area contributed by atoms with Crippen molar-refractivity contribution in [2.75, 3.05) is 24.2 Å². The smallest absolute Gasteiger partial charge is 0.335 e. The molecule has 0 bridgehead atoms. The maximum Gasteiger partial charge on any atom is 0.335 e. The number of carbonyl (C=O) groups excluding carboxylic acids is 1. The molecule has 1 aliphatic heterocycles. The van der Waals surface area contributed by atoms with Crippen LogP contribution in [-0.2, 0) is 10.0 Å². The number of aromatic nitrogens is 1. The molecule has 1 amide bonds. The zero-order chi connectivity index (χ0) is 20.6. The molecule has 28 heavy (non-hydrogen) atoms. The van der Waals surface area contributed by atoms with Gasteiger partial charge in [-0.25, -0.2) is 18.2 Å². The number of sulfonamides is 1. The summed E-state index contributed by atoms with van der Waals surface area (Å²) in [5.41, 5.74) is 1.03. The summed E-state index contributed by atoms with van der Waals surface area (Å²) in [5, 5.41) is 12.2. The van der Waals surface area contributed by atoms with Gasteiger partial charge in [0.05, 0.1) is 23.5 Å². The first kappa shape index (κ1) is 20.3. The molecule has 0 radical (unpaired) electrons. The molecule has 1 saturated heterocycles. The minimum absolute atomic E-state index is 0.131. The van der Waals surface area contributed by atoms with Crippen LogP contribution in [0.4, 0.5) is 5.69 Å². The third-order valence-electron chi connectivity index (χ3n) is 4.71. The summed E-state index contributed by atoms with van der Waals surface area (Å²) in [4.78, 5) is 30.9. The average Bonchev–Trinajstić information content (AvgIpc) is 3.27. The van der Waals surface area contributed by atoms with Gasteiger partial charge < -0.3 is 10.0 Å². The Morgan fingerprint density at radius 1 is 1.29 bits per heavy atom. The SMILES string of the molecule is Cc1csc(C2CCCN2C(=O)c2cc(C(=O)O)cc(N(C)S(C)(=O)=O)c2)n1. The van der Waals surface area contributed by atoms with Crippen molar-refractivity contribution in [3.63, 3.8) is 0 Å². The maximum absolute atomic E-state index is 13.2. The molecule has 0 saturated carbocycles. The number of nitrogens with zero attached hydrogens (tertiary/aromatic N) is 3. The van der Waals surface area contributed by atoms with E-state index in [9.17, 15) is 23.1 Å². The van der Waals surface area contributed by atoms with Gasteiger partial charge in [0.2, 0.25) is 10.0 Å². The third-order valence-corrected chi connectivity index (χ3v) is 6.98. The quantitative estimate of drug-likeness (QED) is 0.792. The second-order valence-electron chi connectivity index (χ2n) is 6.79. The van der Waals surface area contributed by atoms with Crippen LogP contribution in [0.25, 0.3) is 0 Å². The topological polar surface area (TPSA) is 108 Å². The summed E-state index contributed by atoms with van der Waals surface area (Å²) in [6, 6.07) is 3.78. The minimum atomic E-state index is -3.60. The lowest BCUT2D eigenvalue weighted by atomic mass is 10.1. The zero-order valence-electron chi connectivity index (χ0n) is 15.7. The molecule has 1 fully saturated rings. The summed E-state index contributed by atoms with van der Waals surface area (Å²) in [7, 11) is -2.28. The number of rotatable bonds is 5. The van der Waals surface area contributed by atoms with Gasteiger partial charge in [-0.3, -0.25) is 9.10 Å². The highest BCUT2D eigenvalue weighted by molar-refractivity contribution is 7.92. The van der Waals surface area contributed by atoms with Crippen LogP contribution < -0.4 is 4.31 Å². The van der Waals surface area contributed by atoms with E-state index in [0.29, 0.717) is 6.54 Å². The predicted molar refractivity (Wildman–Crippen MR) is 107 cm³/mol. The molecule has 1 unspecified atom stereocenters. The molecule has 0 aliphatic carbocycles. The lowest BCUT2D eigenvalue weighted by Crippen LogP contribution is -2.31. The van der Waals surface area contributed by atoms with E-state index >= 15 is 0 Å². The Morgan fingerprint density at radius 3 is 2.54 bits per heavy atom. The molecule has 1 aliphatic rings. The number of aromatic carboxylic acids is 1. The number of likely N-dealkylation sites (tertiary alicyclic amines) is 1. The van der Waals surface area contributed by atoms with Crippen LogP contribution in [0.2, 0.25) is 0 Å². The van der Waals surface area contributed by atoms with Gasteiger partial charge in [0.1, 0.15) is 5.01 Å². The Morgan fingerprint density at radius 2 is 1.96 bits per heavy atom. The molecule has 2 heterocycles. The molecule has 2 aromatic rings. The average molecular weight is 424 g/mol. The van der Waals surface area contributed by atoms with Gasteiger partial charge in [-0.05, 0) is 38.0 Å². The van der Waals surface area contributed by atoms with Crippen molar-refractivity contribution >= 4 is 38.9 Å². The van der Waals surface area contributed by atoms with Gasteiger partial charge in [0, 0.05) is 30.2 Å². The van der Waals surface area contributed by atoms with E-state index in [-0.39, 0.29) is 28.8 Å². The van der Waals surface area contributed by atoms with Crippen LogP contribution in [0.15, 0.2) is 23.6 Å². The van der Waals surface area contributed by atoms with Crippen LogP contribution in [0.1, 0.15) is 50.3 Å². The Balaban J connectivity index is 2.00. The van der Waals surface area contributed by atoms with Crippen molar-refractivity contribution in [3.05, 3.63) is 45.4 Å². The predicted octanol–water partition coefficient (Wildman–Crippen LogP) is 2.52. The van der Waals surface area contributed by atoms with E-state index in [0.717, 1.165) is 34.1 Å². The molecule has 10 heteroatoms. The van der Waals surface area contributed by atoms with Gasteiger partial charge in [0.15, 0.2) is 0 Å². The normalized spacial score (nSPS) is 17.0. The molecule has 3 rings (SSSR count). The zero-order valence-corrected chi connectivity index (χ0v) is 17.4. The van der Waals surface area contributed by atoms with Crippen molar-refractivity contribution in [1.82, 2.24) is 9.88 Å². The lowest BCUT2D eigenvalue weighted by Gasteiger charge is -2.24. The lowest BCUT2D eigenvalue weighted by molar-refractivity contribution is 0.0697. The van der Waals surface area contributed by atoms with Crippen LogP contribution in [0.5, 0.6) is 0 Å². The molecule has 1 aromatic carbocycles. The number of benzene rings is 1. The maximum atomic E-state index is 13.2. The first-order valence-corrected chi connectivity index (χ1v) is 11.4. The van der Waals surface area contributed by atoms with Crippen LogP contribution in [0.3, 0.4) is 0 Å². The molecule has 1 atom stereocenters. The second-order valence-corrected chi connectivity index (χ2v) is 9.69. The van der Waals surface area contributed by atoms with E-state index < -0.39 is 16.0 Å². The number of anilines is 1. The van der Waals surface area contributed by atoms with E-state index in [1.165, 1.54) is 36.6 Å². The summed E-state index contributed by atoms with van der Waals surface area (Å²) in [5.74, 6) is -1.56. The summed E-state index contributed by atoms with van der Waals surface area (Å²) in [6.45, 7) is 2.43. The molecule has 1 aromatic heterocycles. The number of carboxylic acid groups (broad SMARTS) is 1. The Labute approximate surface area is 167 Å². The number of hydrogen-bond donors (Lipinski definition) is 1. The van der Waals surface area contributed by atoms with Crippen LogP contribution in [-0.4, -0.2) is 55.1 Å². The van der Waals surface area contributed by atoms with Crippen molar-refractivity contribution in [2.24, 2.45) is 0 Å². The molecule has 1 N–H and O–H groups in total. The highest BCUT2D eigenvalue weighted by Gasteiger charge is 2.33. The fraction of sp³-hybridized carbons (Fsp3) is 0.389. The number of hydrogen-bond acceptors (Lipinski definition) is 6. The molecule has 8 nitrogen and oxygen atoms in total. The van der Waals surface area contributed by atoms with E-state index in [1.807, 2.05) is 12.3 Å².